The largest absolute Gasteiger partial charge is 0.508 e. The molecule has 3 aromatic rings. The van der Waals surface area contributed by atoms with Gasteiger partial charge >= 0.3 is 0 Å². The Balaban J connectivity index is 1.89. The molecule has 2 N–H and O–H groups in total. The van der Waals surface area contributed by atoms with Gasteiger partial charge in [0.1, 0.15) is 11.6 Å². The number of nitrogens with one attached hydrogen (secondary N) is 1. The van der Waals surface area contributed by atoms with Crippen LogP contribution in [0, 0.1) is 0 Å². The third-order valence-electron chi connectivity index (χ3n) is 4.80. The molecule has 24 heavy (non-hydrogen) atoms. The fraction of sp³-hybridized carbons (Fsp3) is 0.263. The summed E-state index contributed by atoms with van der Waals surface area (Å²) in [6.45, 7) is 6.57. The topological polar surface area (TPSA) is 69.2 Å². The number of aromatic hydroxyl groups is 1. The second-order valence-corrected chi connectivity index (χ2v) is 6.69. The molecule has 2 heterocycles. The van der Waals surface area contributed by atoms with Crippen molar-refractivity contribution in [3.05, 3.63) is 42.0 Å². The number of fused-ring (bicyclic) bond motifs is 2. The Labute approximate surface area is 139 Å². The van der Waals surface area contributed by atoms with E-state index in [-0.39, 0.29) is 11.7 Å². The van der Waals surface area contributed by atoms with Crippen molar-refractivity contribution in [2.24, 2.45) is 0 Å². The van der Waals surface area contributed by atoms with E-state index >= 15 is 0 Å². The maximum atomic E-state index is 12.6. The lowest BCUT2D eigenvalue weighted by Crippen LogP contribution is -2.35. The van der Waals surface area contributed by atoms with Crippen LogP contribution in [0.2, 0.25) is 0 Å². The van der Waals surface area contributed by atoms with Gasteiger partial charge in [-0.1, -0.05) is 0 Å². The first-order valence-corrected chi connectivity index (χ1v) is 8.07. The molecule has 0 saturated carbocycles. The van der Waals surface area contributed by atoms with Gasteiger partial charge < -0.3 is 15.0 Å². The second kappa shape index (κ2) is 4.84. The van der Waals surface area contributed by atoms with E-state index in [1.54, 1.807) is 12.1 Å². The first-order chi connectivity index (χ1) is 11.4. The summed E-state index contributed by atoms with van der Waals surface area (Å²) in [7, 11) is 0. The zero-order valence-electron chi connectivity index (χ0n) is 13.9. The number of hydrogen-bond acceptors (Lipinski definition) is 3. The summed E-state index contributed by atoms with van der Waals surface area (Å²) < 4.78 is 0. The minimum absolute atomic E-state index is 0.131. The van der Waals surface area contributed by atoms with Crippen molar-refractivity contribution >= 4 is 22.6 Å². The second-order valence-electron chi connectivity index (χ2n) is 6.69. The van der Waals surface area contributed by atoms with Gasteiger partial charge in [0.25, 0.3) is 0 Å². The molecule has 0 radical (unpaired) electrons. The van der Waals surface area contributed by atoms with Crippen LogP contribution in [0.5, 0.6) is 5.75 Å². The molecular weight excluding hydrogens is 302 g/mol. The third-order valence-corrected chi connectivity index (χ3v) is 4.80. The smallest absolute Gasteiger partial charge is 0.237 e. The molecule has 0 fully saturated rings. The Morgan fingerprint density at radius 1 is 1.21 bits per heavy atom. The minimum atomic E-state index is -0.524. The number of amides is 1. The lowest BCUT2D eigenvalue weighted by molar-refractivity contribution is -0.122. The average Bonchev–Trinajstić information content (AvgIpc) is 3.05. The van der Waals surface area contributed by atoms with Crippen LogP contribution in [-0.2, 0) is 10.2 Å². The molecule has 1 aliphatic rings. The summed E-state index contributed by atoms with van der Waals surface area (Å²) in [6, 6.07) is 11.0. The van der Waals surface area contributed by atoms with E-state index in [0.717, 1.165) is 33.7 Å². The van der Waals surface area contributed by atoms with Gasteiger partial charge in [-0.2, -0.15) is 0 Å². The summed E-state index contributed by atoms with van der Waals surface area (Å²) in [5, 5.41) is 9.43. The van der Waals surface area contributed by atoms with E-state index in [0.29, 0.717) is 6.54 Å². The Bertz CT molecular complexity index is 955. The molecule has 0 unspecified atom stereocenters. The predicted octanol–water partition coefficient (Wildman–Crippen LogP) is 3.58. The van der Waals surface area contributed by atoms with Gasteiger partial charge in [-0.25, -0.2) is 4.98 Å². The summed E-state index contributed by atoms with van der Waals surface area (Å²) in [5.41, 5.74) is 4.11. The maximum absolute atomic E-state index is 12.6. The number of benzene rings is 2. The highest BCUT2D eigenvalue weighted by Gasteiger charge is 2.43. The lowest BCUT2D eigenvalue weighted by atomic mass is 9.86. The molecule has 0 spiro atoms. The molecule has 4 rings (SSSR count). The van der Waals surface area contributed by atoms with Gasteiger partial charge in [0.05, 0.1) is 22.1 Å². The molecule has 5 heteroatoms. The van der Waals surface area contributed by atoms with Crippen LogP contribution in [0.15, 0.2) is 36.4 Å². The van der Waals surface area contributed by atoms with Crippen molar-refractivity contribution < 1.29 is 9.90 Å². The van der Waals surface area contributed by atoms with Gasteiger partial charge in [0, 0.05) is 12.1 Å². The molecule has 2 aromatic carbocycles. The monoisotopic (exact) mass is 321 g/mol. The molecule has 1 aromatic heterocycles. The number of carbonyl (C=O) groups is 1. The zero-order chi connectivity index (χ0) is 17.1. The summed E-state index contributed by atoms with van der Waals surface area (Å²) in [4.78, 5) is 22.4. The van der Waals surface area contributed by atoms with Crippen molar-refractivity contribution in [1.29, 1.82) is 0 Å². The van der Waals surface area contributed by atoms with Crippen LogP contribution >= 0.6 is 0 Å². The fourth-order valence-corrected chi connectivity index (χ4v) is 3.40. The number of likely N-dealkylation sites (N-methyl/N-ethyl adjacent to an activating group) is 1. The highest BCUT2D eigenvalue weighted by Crippen LogP contribution is 2.43. The zero-order valence-corrected chi connectivity index (χ0v) is 13.9. The normalized spacial score (nSPS) is 16.0. The molecule has 0 aliphatic carbocycles. The van der Waals surface area contributed by atoms with Crippen LogP contribution in [-0.4, -0.2) is 27.5 Å². The van der Waals surface area contributed by atoms with Gasteiger partial charge in [-0.15, -0.1) is 0 Å². The molecule has 122 valence electrons. The average molecular weight is 321 g/mol. The molecular formula is C19H19N3O2. The number of imidazole rings is 1. The number of nitrogens with zero attached hydrogens (tertiary/aromatic N) is 2. The Morgan fingerprint density at radius 2 is 1.92 bits per heavy atom. The highest BCUT2D eigenvalue weighted by molar-refractivity contribution is 6.09. The fourth-order valence-electron chi connectivity index (χ4n) is 3.40. The Kier molecular flexibility index (Phi) is 2.97. The number of aromatic nitrogens is 2. The number of H-pyrrole nitrogens is 1. The van der Waals surface area contributed by atoms with Gasteiger partial charge in [-0.3, -0.25) is 4.79 Å². The van der Waals surface area contributed by atoms with Crippen LogP contribution in [0.25, 0.3) is 22.4 Å². The van der Waals surface area contributed by atoms with Gasteiger partial charge in [-0.05, 0) is 62.7 Å². The van der Waals surface area contributed by atoms with Crippen molar-refractivity contribution in [3.63, 3.8) is 0 Å². The van der Waals surface area contributed by atoms with Crippen molar-refractivity contribution in [2.45, 2.75) is 26.2 Å². The minimum Gasteiger partial charge on any atom is -0.508 e. The van der Waals surface area contributed by atoms with E-state index in [1.807, 2.05) is 49.9 Å². The number of aromatic amines is 1. The summed E-state index contributed by atoms with van der Waals surface area (Å²) >= 11 is 0. The standard InChI is InChI=1S/C19H19N3O2/c1-4-22-16-10-15-14(9-13(16)19(2,3)18(22)24)20-17(21-15)11-5-7-12(23)8-6-11/h5-10,23H,4H2,1-3H3,(H,20,21). The number of hydrogen-bond donors (Lipinski definition) is 2. The van der Waals surface area contributed by atoms with Crippen LogP contribution < -0.4 is 4.90 Å². The first-order valence-electron chi connectivity index (χ1n) is 8.07. The molecule has 1 aliphatic heterocycles. The third kappa shape index (κ3) is 1.94. The molecule has 1 amide bonds. The number of rotatable bonds is 2. The first kappa shape index (κ1) is 14.8. The number of phenols is 1. The van der Waals surface area contributed by atoms with Crippen LogP contribution in [0.4, 0.5) is 5.69 Å². The molecule has 0 bridgehead atoms. The number of anilines is 1. The lowest BCUT2D eigenvalue weighted by Gasteiger charge is -2.18. The molecule has 0 saturated heterocycles. The van der Waals surface area contributed by atoms with Crippen molar-refractivity contribution in [1.82, 2.24) is 9.97 Å². The quantitative estimate of drug-likeness (QED) is 0.758. The summed E-state index contributed by atoms with van der Waals surface area (Å²) in [5.74, 6) is 1.11. The van der Waals surface area contributed by atoms with Gasteiger partial charge in [0.2, 0.25) is 5.91 Å². The van der Waals surface area contributed by atoms with E-state index in [4.69, 9.17) is 0 Å². The predicted molar refractivity (Wildman–Crippen MR) is 94.2 cm³/mol. The van der Waals surface area contributed by atoms with E-state index in [2.05, 4.69) is 9.97 Å². The van der Waals surface area contributed by atoms with Crippen molar-refractivity contribution in [3.8, 4) is 17.1 Å². The Morgan fingerprint density at radius 3 is 2.58 bits per heavy atom. The van der Waals surface area contributed by atoms with E-state index < -0.39 is 5.41 Å². The van der Waals surface area contributed by atoms with Gasteiger partial charge in [0.15, 0.2) is 0 Å². The number of phenolic OH excluding ortho intramolecular Hbond substituents is 1. The SMILES string of the molecule is CCN1C(=O)C(C)(C)c2cc3[nH]c(-c4ccc(O)cc4)nc3cc21. The number of carbonyl (C=O) groups excluding carboxylic acids is 1. The molecule has 0 atom stereocenters. The molecule has 5 nitrogen and oxygen atoms in total. The van der Waals surface area contributed by atoms with E-state index in [9.17, 15) is 9.90 Å². The van der Waals surface area contributed by atoms with Crippen molar-refractivity contribution in [2.75, 3.05) is 11.4 Å². The Hall–Kier alpha value is -2.82. The maximum Gasteiger partial charge on any atom is 0.237 e. The van der Waals surface area contributed by atoms with Crippen LogP contribution in [0.1, 0.15) is 26.3 Å². The highest BCUT2D eigenvalue weighted by atomic mass is 16.3. The van der Waals surface area contributed by atoms with Crippen LogP contribution in [0.3, 0.4) is 0 Å². The summed E-state index contributed by atoms with van der Waals surface area (Å²) in [6.07, 6.45) is 0. The van der Waals surface area contributed by atoms with E-state index in [1.165, 1.54) is 0 Å².